The highest BCUT2D eigenvalue weighted by atomic mass is 31.2. The summed E-state index contributed by atoms with van der Waals surface area (Å²) in [7, 11) is -4.78. The number of phosphoric acid groups is 1. The van der Waals surface area contributed by atoms with Crippen molar-refractivity contribution < 1.29 is 52.2 Å². The summed E-state index contributed by atoms with van der Waals surface area (Å²) in [6.07, 6.45) is 67.4. The minimum Gasteiger partial charge on any atom is -0.462 e. The summed E-state index contributed by atoms with van der Waals surface area (Å²) in [4.78, 5) is 48.5. The van der Waals surface area contributed by atoms with Gasteiger partial charge >= 0.3 is 25.7 Å². The molecule has 0 spiro atoms. The lowest BCUT2D eigenvalue weighted by molar-refractivity contribution is -0.161. The summed E-state index contributed by atoms with van der Waals surface area (Å²) in [5, 5.41) is 9.80. The van der Waals surface area contributed by atoms with Crippen molar-refractivity contribution in [2.75, 3.05) is 26.4 Å². The van der Waals surface area contributed by atoms with E-state index in [1.807, 2.05) is 6.08 Å². The van der Waals surface area contributed by atoms with Gasteiger partial charge in [0.05, 0.1) is 19.8 Å². The molecule has 74 heavy (non-hydrogen) atoms. The molecule has 0 aromatic rings. The van der Waals surface area contributed by atoms with Gasteiger partial charge in [-0.05, 0) is 122 Å². The zero-order valence-corrected chi connectivity index (χ0v) is 47.2. The Balaban J connectivity index is 4.87. The van der Waals surface area contributed by atoms with Crippen LogP contribution in [0.2, 0.25) is 0 Å². The number of carbonyl (C=O) groups excluding carboxylic acids is 3. The topological polar surface area (TPSA) is 155 Å². The number of unbranched alkanes of at least 4 members (excludes halogenated alkanes) is 14. The molecule has 0 aliphatic carbocycles. The molecule has 0 saturated carbocycles. The number of hydrogen-bond acceptors (Lipinski definition) is 10. The zero-order valence-electron chi connectivity index (χ0n) is 46.3. The van der Waals surface area contributed by atoms with E-state index in [0.717, 1.165) is 109 Å². The fourth-order valence-corrected chi connectivity index (χ4v) is 7.87. The Morgan fingerprint density at radius 1 is 0.392 bits per heavy atom. The molecule has 420 valence electrons. The Kier molecular flexibility index (Phi) is 52.1. The van der Waals surface area contributed by atoms with Crippen molar-refractivity contribution in [2.45, 2.75) is 226 Å². The van der Waals surface area contributed by atoms with Gasteiger partial charge in [0.1, 0.15) is 12.7 Å². The average molecular weight is 1050 g/mol. The normalized spacial score (nSPS) is 14.3. The zero-order chi connectivity index (χ0) is 54.1. The number of allylic oxidation sites excluding steroid dienone is 20. The first-order valence-corrected chi connectivity index (χ1v) is 29.9. The van der Waals surface area contributed by atoms with E-state index in [1.165, 1.54) is 38.5 Å². The van der Waals surface area contributed by atoms with Gasteiger partial charge < -0.3 is 24.2 Å². The molecule has 3 unspecified atom stereocenters. The van der Waals surface area contributed by atoms with Gasteiger partial charge in [-0.1, -0.05) is 194 Å². The molecule has 0 aliphatic heterocycles. The third kappa shape index (κ3) is 52.7. The van der Waals surface area contributed by atoms with Gasteiger partial charge in [-0.25, -0.2) is 4.57 Å². The van der Waals surface area contributed by atoms with Crippen molar-refractivity contribution in [2.24, 2.45) is 0 Å². The Labute approximate surface area is 449 Å². The largest absolute Gasteiger partial charge is 0.472 e. The highest BCUT2D eigenvalue weighted by Gasteiger charge is 2.28. The average Bonchev–Trinajstić information content (AvgIpc) is 3.39. The molecular weight excluding hydrogens is 952 g/mol. The lowest BCUT2D eigenvalue weighted by Gasteiger charge is -2.21. The van der Waals surface area contributed by atoms with E-state index < -0.39 is 57.8 Å². The first-order chi connectivity index (χ1) is 36.2. The molecule has 0 radical (unpaired) electrons. The minimum atomic E-state index is -4.78. The number of carbonyl (C=O) groups is 3. The number of esters is 3. The molecule has 0 aromatic heterocycles. The standard InChI is InChI=1S/C62H101O11P/c1-4-7-10-13-16-19-22-25-27-29-31-34-36-39-42-45-48-51-60(64)69-55-59(73-62(66)53-50-47-44-41-38-35-32-30-28-26-23-20-17-14-11-8-5-2)57-71-74(67,68)70-56-58(54-63)72-61(65)52-49-46-43-40-37-33-24-21-18-15-12-9-6-3/h7,9-10,12,16-21,25-28,31,33-34,37,39,42,58-59,63H,4-6,8,11,13-15,22-24,29-30,32,35-36,38,40-41,43-57H2,1-3H3,(H,67,68)/b10-7-,12-9-,19-16-,20-17-,21-18-,27-25-,28-26-,34-31-,37-33-,42-39-. The van der Waals surface area contributed by atoms with Crippen LogP contribution in [-0.4, -0.2) is 66.5 Å². The second-order valence-electron chi connectivity index (χ2n) is 18.3. The number of aliphatic hydroxyl groups is 1. The number of rotatable bonds is 51. The SMILES string of the molecule is CC/C=C\C/C=C\C/C=C\C/C=C\C/C=C\CCCC(=O)OCC(COP(=O)(O)OCC(CO)OC(=O)CCCCC/C=C\C/C=C\C/C=C\CC)OC(=O)CCCCCCCCC/C=C\C/C=C\CCCCC. The second-order valence-corrected chi connectivity index (χ2v) is 19.8. The first-order valence-electron chi connectivity index (χ1n) is 28.4. The Morgan fingerprint density at radius 3 is 1.14 bits per heavy atom. The molecule has 0 saturated heterocycles. The maximum Gasteiger partial charge on any atom is 0.472 e. The summed E-state index contributed by atoms with van der Waals surface area (Å²) in [5.74, 6) is -1.59. The van der Waals surface area contributed by atoms with Crippen LogP contribution in [0.1, 0.15) is 213 Å². The summed E-state index contributed by atoms with van der Waals surface area (Å²) in [5.41, 5.74) is 0. The highest BCUT2D eigenvalue weighted by molar-refractivity contribution is 7.47. The van der Waals surface area contributed by atoms with E-state index in [9.17, 15) is 28.9 Å². The van der Waals surface area contributed by atoms with Crippen molar-refractivity contribution >= 4 is 25.7 Å². The van der Waals surface area contributed by atoms with Crippen molar-refractivity contribution in [1.82, 2.24) is 0 Å². The summed E-state index contributed by atoms with van der Waals surface area (Å²) in [6.45, 7) is 4.26. The molecule has 11 nitrogen and oxygen atoms in total. The molecule has 0 heterocycles. The quantitative estimate of drug-likeness (QED) is 0.0197. The number of phosphoric ester groups is 1. The van der Waals surface area contributed by atoms with E-state index >= 15 is 0 Å². The molecule has 3 atom stereocenters. The van der Waals surface area contributed by atoms with Gasteiger partial charge in [0, 0.05) is 19.3 Å². The molecule has 0 amide bonds. The van der Waals surface area contributed by atoms with Gasteiger partial charge in [0.25, 0.3) is 0 Å². The molecule has 0 rings (SSSR count). The van der Waals surface area contributed by atoms with Crippen LogP contribution in [0.15, 0.2) is 122 Å². The predicted molar refractivity (Wildman–Crippen MR) is 306 cm³/mol. The maximum atomic E-state index is 12.9. The van der Waals surface area contributed by atoms with Crippen molar-refractivity contribution in [1.29, 1.82) is 0 Å². The molecule has 0 aromatic carbocycles. The van der Waals surface area contributed by atoms with Crippen LogP contribution in [0.25, 0.3) is 0 Å². The minimum absolute atomic E-state index is 0.132. The molecule has 0 bridgehead atoms. The van der Waals surface area contributed by atoms with Crippen LogP contribution in [-0.2, 0) is 42.2 Å². The summed E-state index contributed by atoms with van der Waals surface area (Å²) in [6, 6.07) is 0. The Bertz CT molecular complexity index is 1700. The second kappa shape index (κ2) is 55.1. The van der Waals surface area contributed by atoms with E-state index in [1.54, 1.807) is 0 Å². The van der Waals surface area contributed by atoms with Crippen molar-refractivity contribution in [3.05, 3.63) is 122 Å². The van der Waals surface area contributed by atoms with Crippen molar-refractivity contribution in [3.63, 3.8) is 0 Å². The fourth-order valence-electron chi connectivity index (χ4n) is 7.08. The van der Waals surface area contributed by atoms with Crippen LogP contribution in [0.5, 0.6) is 0 Å². The van der Waals surface area contributed by atoms with Gasteiger partial charge in [0.2, 0.25) is 0 Å². The number of aliphatic hydroxyl groups excluding tert-OH is 1. The van der Waals surface area contributed by atoms with E-state index in [-0.39, 0.29) is 25.9 Å². The third-order valence-corrected chi connectivity index (χ3v) is 12.3. The lowest BCUT2D eigenvalue weighted by Crippen LogP contribution is -2.30. The van der Waals surface area contributed by atoms with Crippen molar-refractivity contribution in [3.8, 4) is 0 Å². The maximum absolute atomic E-state index is 12.9. The van der Waals surface area contributed by atoms with Crippen LogP contribution in [0.3, 0.4) is 0 Å². The Hall–Kier alpha value is -4.12. The summed E-state index contributed by atoms with van der Waals surface area (Å²) < 4.78 is 39.4. The smallest absolute Gasteiger partial charge is 0.462 e. The van der Waals surface area contributed by atoms with Crippen LogP contribution >= 0.6 is 7.82 Å². The summed E-state index contributed by atoms with van der Waals surface area (Å²) >= 11 is 0. The van der Waals surface area contributed by atoms with Crippen LogP contribution in [0.4, 0.5) is 0 Å². The molecular formula is C62H101O11P. The van der Waals surface area contributed by atoms with Gasteiger partial charge in [-0.2, -0.15) is 0 Å². The fraction of sp³-hybridized carbons (Fsp3) is 0.629. The molecule has 0 aliphatic rings. The molecule has 0 fully saturated rings. The van der Waals surface area contributed by atoms with E-state index in [2.05, 4.69) is 136 Å². The predicted octanol–water partition coefficient (Wildman–Crippen LogP) is 16.8. The van der Waals surface area contributed by atoms with Gasteiger partial charge in [0.15, 0.2) is 6.10 Å². The van der Waals surface area contributed by atoms with Gasteiger partial charge in [-0.3, -0.25) is 23.4 Å². The third-order valence-electron chi connectivity index (χ3n) is 11.3. The van der Waals surface area contributed by atoms with E-state index in [0.29, 0.717) is 25.7 Å². The van der Waals surface area contributed by atoms with Crippen LogP contribution < -0.4 is 0 Å². The Morgan fingerprint density at radius 2 is 0.716 bits per heavy atom. The molecule has 2 N–H and O–H groups in total. The number of hydrogen-bond donors (Lipinski definition) is 2. The number of ether oxygens (including phenoxy) is 3. The van der Waals surface area contributed by atoms with Crippen LogP contribution in [0, 0.1) is 0 Å². The first kappa shape index (κ1) is 69.9. The van der Waals surface area contributed by atoms with E-state index in [4.69, 9.17) is 23.3 Å². The molecule has 12 heteroatoms. The monoisotopic (exact) mass is 1050 g/mol. The lowest BCUT2D eigenvalue weighted by atomic mass is 10.1. The van der Waals surface area contributed by atoms with Gasteiger partial charge in [-0.15, -0.1) is 0 Å². The highest BCUT2D eigenvalue weighted by Crippen LogP contribution is 2.43.